The Morgan fingerprint density at radius 1 is 1.02 bits per heavy atom. The molecule has 1 N–H and O–H groups in total. The zero-order valence-corrected chi connectivity index (χ0v) is 24.3. The van der Waals surface area contributed by atoms with Gasteiger partial charge in [-0.3, -0.25) is 19.4 Å². The van der Waals surface area contributed by atoms with Crippen LogP contribution in [0.25, 0.3) is 5.57 Å². The maximum absolute atomic E-state index is 14.5. The molecule has 2 heterocycles. The van der Waals surface area contributed by atoms with Crippen molar-refractivity contribution in [3.05, 3.63) is 76.9 Å². The summed E-state index contributed by atoms with van der Waals surface area (Å²) in [5, 5.41) is 3.10. The third-order valence-corrected chi connectivity index (χ3v) is 8.20. The summed E-state index contributed by atoms with van der Waals surface area (Å²) in [5.74, 6) is -0.206. The van der Waals surface area contributed by atoms with Crippen molar-refractivity contribution in [3.8, 4) is 0 Å². The predicted molar refractivity (Wildman–Crippen MR) is 159 cm³/mol. The predicted octanol–water partition coefficient (Wildman–Crippen LogP) is 5.36. The molecule has 3 atom stereocenters. The van der Waals surface area contributed by atoms with Gasteiger partial charge in [0, 0.05) is 12.6 Å². The first-order valence-corrected chi connectivity index (χ1v) is 14.5. The molecule has 40 heavy (non-hydrogen) atoms. The largest absolute Gasteiger partial charge is 0.342 e. The molecule has 0 aromatic heterocycles. The molecule has 0 bridgehead atoms. The number of piperazine rings is 1. The van der Waals surface area contributed by atoms with E-state index in [1.54, 1.807) is 4.90 Å². The molecule has 3 aliphatic rings. The standard InChI is InChI=1S/C34H41N3O3/c1-21(2)16-28-32(39)36-30(27-17-24-8-6-7-9-25(24)18-27)33(40)37(28)31(29(38)19-34(3,4)5)23-12-10-22(11-13-23)26-14-15-35-20-26/h6-14,20-21,27-28,30-31H,15-19H2,1-5H3,(H,36,39)/t28-,30-,31-/m1/s1. The van der Waals surface area contributed by atoms with Crippen molar-refractivity contribution in [1.82, 2.24) is 10.2 Å². The molecule has 2 aliphatic heterocycles. The number of hydrogen-bond donors (Lipinski definition) is 1. The Morgan fingerprint density at radius 2 is 1.68 bits per heavy atom. The monoisotopic (exact) mass is 539 g/mol. The highest BCUT2D eigenvalue weighted by Crippen LogP contribution is 2.37. The number of hydrogen-bond acceptors (Lipinski definition) is 4. The van der Waals surface area contributed by atoms with Crippen molar-refractivity contribution < 1.29 is 14.4 Å². The summed E-state index contributed by atoms with van der Waals surface area (Å²) >= 11 is 0. The van der Waals surface area contributed by atoms with Gasteiger partial charge in [-0.15, -0.1) is 0 Å². The maximum Gasteiger partial charge on any atom is 0.247 e. The summed E-state index contributed by atoms with van der Waals surface area (Å²) in [7, 11) is 0. The van der Waals surface area contributed by atoms with Gasteiger partial charge in [0.05, 0.1) is 6.54 Å². The first kappa shape index (κ1) is 28.0. The van der Waals surface area contributed by atoms with Crippen LogP contribution >= 0.6 is 0 Å². The van der Waals surface area contributed by atoms with E-state index < -0.39 is 18.1 Å². The van der Waals surface area contributed by atoms with Crippen molar-refractivity contribution in [2.24, 2.45) is 22.2 Å². The molecule has 0 saturated carbocycles. The van der Waals surface area contributed by atoms with E-state index in [-0.39, 0.29) is 34.8 Å². The van der Waals surface area contributed by atoms with E-state index in [1.807, 2.05) is 77.2 Å². The number of rotatable bonds is 8. The number of carbonyl (C=O) groups excluding carboxylic acids is 3. The third-order valence-electron chi connectivity index (χ3n) is 8.20. The molecule has 0 unspecified atom stereocenters. The zero-order chi connectivity index (χ0) is 28.6. The molecule has 2 aromatic carbocycles. The Bertz CT molecular complexity index is 1320. The molecule has 2 aromatic rings. The number of nitrogens with zero attached hydrogens (tertiary/aromatic N) is 2. The number of amides is 2. The van der Waals surface area contributed by atoms with E-state index in [9.17, 15) is 14.4 Å². The number of fused-ring (bicyclic) bond motifs is 1. The Labute approximate surface area is 237 Å². The molecule has 1 fully saturated rings. The number of nitrogens with one attached hydrogen (secondary N) is 1. The minimum atomic E-state index is -0.826. The van der Waals surface area contributed by atoms with Crippen molar-refractivity contribution in [3.63, 3.8) is 0 Å². The quantitative estimate of drug-likeness (QED) is 0.491. The number of carbonyl (C=O) groups is 3. The van der Waals surface area contributed by atoms with Crippen LogP contribution in [-0.4, -0.2) is 47.3 Å². The summed E-state index contributed by atoms with van der Waals surface area (Å²) in [6, 6.07) is 13.9. The lowest BCUT2D eigenvalue weighted by Crippen LogP contribution is -2.66. The van der Waals surface area contributed by atoms with Crippen LogP contribution in [0.1, 0.15) is 75.8 Å². The van der Waals surface area contributed by atoms with Crippen molar-refractivity contribution in [2.45, 2.75) is 78.4 Å². The smallest absolute Gasteiger partial charge is 0.247 e. The van der Waals surface area contributed by atoms with Crippen LogP contribution in [0, 0.1) is 17.3 Å². The van der Waals surface area contributed by atoms with Crippen molar-refractivity contribution in [2.75, 3.05) is 6.54 Å². The lowest BCUT2D eigenvalue weighted by molar-refractivity contribution is -0.157. The zero-order valence-electron chi connectivity index (χ0n) is 24.3. The van der Waals surface area contributed by atoms with Gasteiger partial charge in [-0.2, -0.15) is 0 Å². The highest BCUT2D eigenvalue weighted by Gasteiger charge is 2.49. The van der Waals surface area contributed by atoms with Gasteiger partial charge >= 0.3 is 0 Å². The summed E-state index contributed by atoms with van der Waals surface area (Å²) in [5.41, 5.74) is 5.02. The van der Waals surface area contributed by atoms with Gasteiger partial charge in [0.15, 0.2) is 5.78 Å². The number of Topliss-reactive ketones (excluding diaryl/α,β-unsaturated/α-hetero) is 1. The van der Waals surface area contributed by atoms with E-state index in [2.05, 4.69) is 28.5 Å². The second kappa shape index (κ2) is 11.1. The molecule has 210 valence electrons. The topological polar surface area (TPSA) is 78.8 Å². The summed E-state index contributed by atoms with van der Waals surface area (Å²) in [6.45, 7) is 10.9. The molecule has 6 heteroatoms. The van der Waals surface area contributed by atoms with Crippen LogP contribution in [0.5, 0.6) is 0 Å². The van der Waals surface area contributed by atoms with Crippen molar-refractivity contribution in [1.29, 1.82) is 0 Å². The van der Waals surface area contributed by atoms with Crippen LogP contribution in [0.15, 0.2) is 59.6 Å². The average Bonchev–Trinajstić information content (AvgIpc) is 3.57. The fraction of sp³-hybridized carbons (Fsp3) is 0.471. The number of aliphatic imine (C=N–C) groups is 1. The number of ketones is 1. The first-order valence-electron chi connectivity index (χ1n) is 14.5. The van der Waals surface area contributed by atoms with Gasteiger partial charge in [0.2, 0.25) is 11.8 Å². The van der Waals surface area contributed by atoms with Gasteiger partial charge in [-0.05, 0) is 64.3 Å². The van der Waals surface area contributed by atoms with E-state index in [0.29, 0.717) is 19.4 Å². The third kappa shape index (κ3) is 5.81. The van der Waals surface area contributed by atoms with Gasteiger partial charge in [-0.1, -0.05) is 89.2 Å². The van der Waals surface area contributed by atoms with Crippen LogP contribution in [-0.2, 0) is 27.2 Å². The fourth-order valence-electron chi connectivity index (χ4n) is 6.40. The summed E-state index contributed by atoms with van der Waals surface area (Å²) < 4.78 is 0. The SMILES string of the molecule is CC(C)C[C@@H]1C(=O)N[C@H](C2Cc3ccccc3C2)C(=O)N1[C@@H](C(=O)CC(C)(C)C)c1ccc(C2=CCN=C2)cc1. The molecule has 0 spiro atoms. The van der Waals surface area contributed by atoms with Crippen LogP contribution < -0.4 is 5.32 Å². The molecular weight excluding hydrogens is 498 g/mol. The first-order chi connectivity index (χ1) is 19.0. The van der Waals surface area contributed by atoms with E-state index in [0.717, 1.165) is 29.5 Å². The molecule has 0 radical (unpaired) electrons. The Hall–Kier alpha value is -3.54. The molecule has 1 aliphatic carbocycles. The second-order valence-electron chi connectivity index (χ2n) is 13.2. The van der Waals surface area contributed by atoms with Crippen LogP contribution in [0.3, 0.4) is 0 Å². The summed E-state index contributed by atoms with van der Waals surface area (Å²) in [4.78, 5) is 48.3. The number of allylic oxidation sites excluding steroid dienone is 1. The van der Waals surface area contributed by atoms with Crippen LogP contribution in [0.2, 0.25) is 0 Å². The van der Waals surface area contributed by atoms with E-state index >= 15 is 0 Å². The van der Waals surface area contributed by atoms with E-state index in [4.69, 9.17) is 0 Å². The normalized spacial score (nSPS) is 21.9. The lowest BCUT2D eigenvalue weighted by Gasteiger charge is -2.45. The Kier molecular flexibility index (Phi) is 7.80. The highest BCUT2D eigenvalue weighted by atomic mass is 16.2. The molecule has 1 saturated heterocycles. The maximum atomic E-state index is 14.5. The molecule has 2 amide bonds. The van der Waals surface area contributed by atoms with Crippen molar-refractivity contribution >= 4 is 29.4 Å². The Balaban J connectivity index is 1.54. The fourth-order valence-corrected chi connectivity index (χ4v) is 6.40. The van der Waals surface area contributed by atoms with Gasteiger partial charge in [-0.25, -0.2) is 0 Å². The highest BCUT2D eigenvalue weighted by molar-refractivity contribution is 6.11. The Morgan fingerprint density at radius 3 is 2.23 bits per heavy atom. The molecule has 5 rings (SSSR count). The van der Waals surface area contributed by atoms with Gasteiger partial charge < -0.3 is 10.2 Å². The van der Waals surface area contributed by atoms with Gasteiger partial charge in [0.25, 0.3) is 0 Å². The molecular formula is C34H41N3O3. The number of benzene rings is 2. The minimum absolute atomic E-state index is 0.0350. The lowest BCUT2D eigenvalue weighted by atomic mass is 9.83. The average molecular weight is 540 g/mol. The summed E-state index contributed by atoms with van der Waals surface area (Å²) in [6.07, 6.45) is 6.20. The van der Waals surface area contributed by atoms with Gasteiger partial charge in [0.1, 0.15) is 18.1 Å². The van der Waals surface area contributed by atoms with E-state index in [1.165, 1.54) is 11.1 Å². The minimum Gasteiger partial charge on any atom is -0.342 e. The molecule has 6 nitrogen and oxygen atoms in total. The van der Waals surface area contributed by atoms with Crippen LogP contribution in [0.4, 0.5) is 0 Å². The second-order valence-corrected chi connectivity index (χ2v) is 13.2.